The average Bonchev–Trinajstić information content (AvgIpc) is 2.81. The number of carbonyl (C=O) groups excluding carboxylic acids is 1. The Morgan fingerprint density at radius 3 is 2.79 bits per heavy atom. The molecule has 1 aliphatic heterocycles. The summed E-state index contributed by atoms with van der Waals surface area (Å²) in [5, 5.41) is 5.35. The Morgan fingerprint density at radius 2 is 2.00 bits per heavy atom. The minimum absolute atomic E-state index is 0.174. The van der Waals surface area contributed by atoms with Crippen LogP contribution in [-0.4, -0.2) is 27.7 Å². The molecule has 2 aromatic rings. The summed E-state index contributed by atoms with van der Waals surface area (Å²) in [6.07, 6.45) is 0.190. The number of aromatic amines is 2. The number of nitrogens with one attached hydrogen (secondary N) is 2. The van der Waals surface area contributed by atoms with Crippen LogP contribution in [0, 0.1) is 0 Å². The van der Waals surface area contributed by atoms with Crippen molar-refractivity contribution >= 4 is 6.09 Å². The molecular formula is C13H13N3O3. The molecule has 0 saturated carbocycles. The summed E-state index contributed by atoms with van der Waals surface area (Å²) in [6.45, 7) is 0.812. The van der Waals surface area contributed by atoms with Gasteiger partial charge in [0.1, 0.15) is 5.75 Å². The number of benzene rings is 1. The van der Waals surface area contributed by atoms with Crippen LogP contribution in [0.25, 0.3) is 0 Å². The maximum atomic E-state index is 12.0. The van der Waals surface area contributed by atoms with Crippen molar-refractivity contribution in [2.45, 2.75) is 13.0 Å². The standard InChI is InChI=1S/C13H13N3O3/c17-12-10-8-16(7-6-11(10)14-15-12)13(18)19-9-4-2-1-3-5-9/h1-5H,6-8H2,(H2,14,15,17). The summed E-state index contributed by atoms with van der Waals surface area (Å²) in [7, 11) is 0. The number of amides is 1. The SMILES string of the molecule is O=C(Oc1ccccc1)N1CCc2[nH][nH]c(=O)c2C1. The first-order valence-corrected chi connectivity index (χ1v) is 6.04. The van der Waals surface area contributed by atoms with Gasteiger partial charge in [-0.05, 0) is 12.1 Å². The van der Waals surface area contributed by atoms with Gasteiger partial charge in [0, 0.05) is 18.7 Å². The maximum Gasteiger partial charge on any atom is 0.415 e. The van der Waals surface area contributed by atoms with E-state index in [2.05, 4.69) is 10.2 Å². The van der Waals surface area contributed by atoms with E-state index in [4.69, 9.17) is 4.74 Å². The minimum Gasteiger partial charge on any atom is -0.410 e. The first-order valence-electron chi connectivity index (χ1n) is 6.04. The van der Waals surface area contributed by atoms with E-state index in [0.717, 1.165) is 5.69 Å². The molecule has 1 aromatic carbocycles. The number of hydrogen-bond acceptors (Lipinski definition) is 3. The molecule has 1 aliphatic rings. The van der Waals surface area contributed by atoms with Gasteiger partial charge in [-0.2, -0.15) is 0 Å². The molecule has 2 N–H and O–H groups in total. The van der Waals surface area contributed by atoms with E-state index in [1.807, 2.05) is 6.07 Å². The zero-order valence-electron chi connectivity index (χ0n) is 10.2. The lowest BCUT2D eigenvalue weighted by atomic mass is 10.1. The molecule has 0 aliphatic carbocycles. The summed E-state index contributed by atoms with van der Waals surface area (Å²) in [4.78, 5) is 25.0. The summed E-state index contributed by atoms with van der Waals surface area (Å²) in [6, 6.07) is 8.89. The number of hydrogen-bond donors (Lipinski definition) is 2. The maximum absolute atomic E-state index is 12.0. The van der Waals surface area contributed by atoms with Crippen LogP contribution in [0.2, 0.25) is 0 Å². The zero-order valence-corrected chi connectivity index (χ0v) is 10.2. The lowest BCUT2D eigenvalue weighted by Crippen LogP contribution is -2.39. The molecule has 0 unspecified atom stereocenters. The van der Waals surface area contributed by atoms with Gasteiger partial charge >= 0.3 is 6.09 Å². The Balaban J connectivity index is 1.73. The second-order valence-corrected chi connectivity index (χ2v) is 4.39. The molecule has 0 saturated heterocycles. The molecule has 98 valence electrons. The molecule has 6 heteroatoms. The first-order chi connectivity index (χ1) is 9.24. The third-order valence-electron chi connectivity index (χ3n) is 3.15. The van der Waals surface area contributed by atoms with Crippen molar-refractivity contribution < 1.29 is 9.53 Å². The van der Waals surface area contributed by atoms with E-state index in [-0.39, 0.29) is 12.1 Å². The molecule has 1 aromatic heterocycles. The van der Waals surface area contributed by atoms with Crippen LogP contribution in [0.3, 0.4) is 0 Å². The van der Waals surface area contributed by atoms with Crippen molar-refractivity contribution in [3.63, 3.8) is 0 Å². The Kier molecular flexibility index (Phi) is 2.83. The largest absolute Gasteiger partial charge is 0.415 e. The molecule has 6 nitrogen and oxygen atoms in total. The predicted octanol–water partition coefficient (Wildman–Crippen LogP) is 1.26. The molecule has 0 fully saturated rings. The van der Waals surface area contributed by atoms with E-state index in [9.17, 15) is 9.59 Å². The Labute approximate surface area is 109 Å². The van der Waals surface area contributed by atoms with E-state index in [0.29, 0.717) is 24.3 Å². The number of ether oxygens (including phenoxy) is 1. The van der Waals surface area contributed by atoms with Gasteiger partial charge in [0.15, 0.2) is 0 Å². The number of fused-ring (bicyclic) bond motifs is 1. The van der Waals surface area contributed by atoms with Gasteiger partial charge in [0.05, 0.1) is 12.1 Å². The smallest absolute Gasteiger partial charge is 0.410 e. The quantitative estimate of drug-likeness (QED) is 0.809. The fraction of sp³-hybridized carbons (Fsp3) is 0.231. The summed E-state index contributed by atoms with van der Waals surface area (Å²) < 4.78 is 5.25. The van der Waals surface area contributed by atoms with Crippen LogP contribution in [0.15, 0.2) is 35.1 Å². The van der Waals surface area contributed by atoms with E-state index < -0.39 is 6.09 Å². The first kappa shape index (κ1) is 11.6. The van der Waals surface area contributed by atoms with Crippen molar-refractivity contribution in [1.29, 1.82) is 0 Å². The number of aromatic nitrogens is 2. The molecule has 0 atom stereocenters. The summed E-state index contributed by atoms with van der Waals surface area (Å²) in [5.74, 6) is 0.501. The second kappa shape index (κ2) is 4.64. The molecule has 3 rings (SSSR count). The van der Waals surface area contributed by atoms with Crippen LogP contribution < -0.4 is 10.3 Å². The highest BCUT2D eigenvalue weighted by Gasteiger charge is 2.25. The Morgan fingerprint density at radius 1 is 1.21 bits per heavy atom. The second-order valence-electron chi connectivity index (χ2n) is 4.39. The highest BCUT2D eigenvalue weighted by Crippen LogP contribution is 2.16. The monoisotopic (exact) mass is 259 g/mol. The highest BCUT2D eigenvalue weighted by atomic mass is 16.6. The highest BCUT2D eigenvalue weighted by molar-refractivity contribution is 5.71. The lowest BCUT2D eigenvalue weighted by molar-refractivity contribution is 0.146. The molecule has 1 amide bonds. The average molecular weight is 259 g/mol. The van der Waals surface area contributed by atoms with Gasteiger partial charge in [-0.1, -0.05) is 18.2 Å². The lowest BCUT2D eigenvalue weighted by Gasteiger charge is -2.25. The van der Waals surface area contributed by atoms with Gasteiger partial charge in [-0.15, -0.1) is 0 Å². The third-order valence-corrected chi connectivity index (χ3v) is 3.15. The van der Waals surface area contributed by atoms with Crippen molar-refractivity contribution in [3.8, 4) is 5.75 Å². The van der Waals surface area contributed by atoms with Crippen LogP contribution >= 0.6 is 0 Å². The van der Waals surface area contributed by atoms with Gasteiger partial charge < -0.3 is 14.7 Å². The van der Waals surface area contributed by atoms with E-state index >= 15 is 0 Å². The minimum atomic E-state index is -0.433. The Bertz CT molecular complexity index is 645. The normalized spacial score (nSPS) is 14.0. The number of H-pyrrole nitrogens is 2. The predicted molar refractivity (Wildman–Crippen MR) is 68.0 cm³/mol. The van der Waals surface area contributed by atoms with Crippen molar-refractivity contribution in [3.05, 3.63) is 51.9 Å². The Hall–Kier alpha value is -2.50. The van der Waals surface area contributed by atoms with Gasteiger partial charge in [-0.3, -0.25) is 9.89 Å². The third kappa shape index (κ3) is 2.24. The molecule has 0 bridgehead atoms. The molecule has 2 heterocycles. The van der Waals surface area contributed by atoms with Crippen molar-refractivity contribution in [1.82, 2.24) is 15.1 Å². The number of para-hydroxylation sites is 1. The zero-order chi connectivity index (χ0) is 13.2. The number of carbonyl (C=O) groups is 1. The van der Waals surface area contributed by atoms with Gasteiger partial charge in [0.2, 0.25) is 0 Å². The van der Waals surface area contributed by atoms with Crippen molar-refractivity contribution in [2.24, 2.45) is 0 Å². The summed E-state index contributed by atoms with van der Waals surface area (Å²) >= 11 is 0. The van der Waals surface area contributed by atoms with E-state index in [1.54, 1.807) is 24.3 Å². The number of nitrogens with zero attached hydrogens (tertiary/aromatic N) is 1. The van der Waals surface area contributed by atoms with Crippen LogP contribution in [0.5, 0.6) is 5.75 Å². The molecule has 19 heavy (non-hydrogen) atoms. The topological polar surface area (TPSA) is 78.2 Å². The van der Waals surface area contributed by atoms with Crippen LogP contribution in [0.1, 0.15) is 11.3 Å². The van der Waals surface area contributed by atoms with E-state index in [1.165, 1.54) is 4.90 Å². The van der Waals surface area contributed by atoms with Crippen LogP contribution in [0.4, 0.5) is 4.79 Å². The van der Waals surface area contributed by atoms with Gasteiger partial charge in [0.25, 0.3) is 5.56 Å². The fourth-order valence-corrected chi connectivity index (χ4v) is 2.13. The molecule has 0 radical (unpaired) electrons. The number of rotatable bonds is 1. The van der Waals surface area contributed by atoms with Crippen molar-refractivity contribution in [2.75, 3.05) is 6.54 Å². The summed E-state index contributed by atoms with van der Waals surface area (Å²) in [5.41, 5.74) is 1.30. The van der Waals surface area contributed by atoms with Crippen LogP contribution in [-0.2, 0) is 13.0 Å². The van der Waals surface area contributed by atoms with Gasteiger partial charge in [-0.25, -0.2) is 4.79 Å². The molecule has 0 spiro atoms. The fourth-order valence-electron chi connectivity index (χ4n) is 2.13. The molecular weight excluding hydrogens is 246 g/mol.